The predicted octanol–water partition coefficient (Wildman–Crippen LogP) is 2.37. The number of halogens is 1. The molecule has 0 radical (unpaired) electrons. The zero-order valence-electron chi connectivity index (χ0n) is 13.1. The summed E-state index contributed by atoms with van der Waals surface area (Å²) in [5, 5.41) is 5.00. The van der Waals surface area contributed by atoms with Crippen LogP contribution in [0.4, 0.5) is 0 Å². The highest BCUT2D eigenvalue weighted by atomic mass is 35.5. The van der Waals surface area contributed by atoms with Crippen molar-refractivity contribution >= 4 is 28.9 Å². The fourth-order valence-corrected chi connectivity index (χ4v) is 2.98. The molecular weight excluding hydrogens is 318 g/mol. The summed E-state index contributed by atoms with van der Waals surface area (Å²) in [4.78, 5) is 4.66. The number of hydrogen-bond acceptors (Lipinski definition) is 3. The van der Waals surface area contributed by atoms with Crippen LogP contribution >= 0.6 is 23.8 Å². The van der Waals surface area contributed by atoms with Crippen LogP contribution in [-0.2, 0) is 11.3 Å². The molecule has 1 aromatic carbocycles. The second-order valence-electron chi connectivity index (χ2n) is 5.43. The van der Waals surface area contributed by atoms with Gasteiger partial charge < -0.3 is 15.0 Å². The van der Waals surface area contributed by atoms with Gasteiger partial charge in [-0.2, -0.15) is 0 Å². The molecule has 1 N–H and O–H groups in total. The van der Waals surface area contributed by atoms with Crippen molar-refractivity contribution < 1.29 is 4.74 Å². The van der Waals surface area contributed by atoms with Crippen LogP contribution in [0.1, 0.15) is 12.0 Å². The highest BCUT2D eigenvalue weighted by Crippen LogP contribution is 2.17. The lowest BCUT2D eigenvalue weighted by molar-refractivity contribution is 0.173. The van der Waals surface area contributed by atoms with E-state index in [0.717, 1.165) is 62.4 Å². The van der Waals surface area contributed by atoms with Gasteiger partial charge in [-0.05, 0) is 30.3 Å². The van der Waals surface area contributed by atoms with E-state index in [1.54, 1.807) is 7.11 Å². The summed E-state index contributed by atoms with van der Waals surface area (Å²) in [7, 11) is 1.72. The van der Waals surface area contributed by atoms with Crippen LogP contribution in [-0.4, -0.2) is 61.4 Å². The minimum absolute atomic E-state index is 0.765. The Bertz CT molecular complexity index is 478. The lowest BCUT2D eigenvalue weighted by Gasteiger charge is -2.36. The summed E-state index contributed by atoms with van der Waals surface area (Å²) in [6.07, 6.45) is 0.975. The van der Waals surface area contributed by atoms with Gasteiger partial charge in [0.1, 0.15) is 0 Å². The number of piperazine rings is 1. The van der Waals surface area contributed by atoms with Crippen LogP contribution in [0.3, 0.4) is 0 Å². The summed E-state index contributed by atoms with van der Waals surface area (Å²) < 4.78 is 5.04. The third-order valence-corrected chi connectivity index (χ3v) is 4.58. The van der Waals surface area contributed by atoms with E-state index < -0.39 is 0 Å². The van der Waals surface area contributed by atoms with E-state index in [4.69, 9.17) is 28.6 Å². The Balaban J connectivity index is 1.71. The molecule has 1 aromatic rings. The number of nitrogens with zero attached hydrogens (tertiary/aromatic N) is 2. The molecule has 1 saturated heterocycles. The number of benzene rings is 1. The number of thiocarbonyl (C=S) groups is 1. The molecule has 0 saturated carbocycles. The average Bonchev–Trinajstić information content (AvgIpc) is 2.54. The molecule has 1 aliphatic rings. The van der Waals surface area contributed by atoms with Crippen LogP contribution in [0.25, 0.3) is 0 Å². The zero-order valence-corrected chi connectivity index (χ0v) is 14.6. The van der Waals surface area contributed by atoms with Gasteiger partial charge in [0.25, 0.3) is 0 Å². The summed E-state index contributed by atoms with van der Waals surface area (Å²) >= 11 is 11.7. The Kier molecular flexibility index (Phi) is 7.39. The first-order valence-corrected chi connectivity index (χ1v) is 8.47. The monoisotopic (exact) mass is 341 g/mol. The van der Waals surface area contributed by atoms with E-state index in [-0.39, 0.29) is 0 Å². The molecule has 0 unspecified atom stereocenters. The Labute approximate surface area is 143 Å². The van der Waals surface area contributed by atoms with E-state index in [1.165, 1.54) is 5.56 Å². The third kappa shape index (κ3) is 5.39. The van der Waals surface area contributed by atoms with Gasteiger partial charge in [0, 0.05) is 58.0 Å². The van der Waals surface area contributed by atoms with Crippen molar-refractivity contribution in [2.75, 3.05) is 46.4 Å². The molecule has 0 amide bonds. The molecule has 0 atom stereocenters. The first-order valence-electron chi connectivity index (χ1n) is 7.68. The molecule has 0 bridgehead atoms. The zero-order chi connectivity index (χ0) is 15.8. The van der Waals surface area contributed by atoms with Crippen LogP contribution < -0.4 is 5.32 Å². The maximum atomic E-state index is 6.23. The summed E-state index contributed by atoms with van der Waals surface area (Å²) in [5.74, 6) is 0. The Morgan fingerprint density at radius 3 is 2.68 bits per heavy atom. The first-order chi connectivity index (χ1) is 10.7. The maximum Gasteiger partial charge on any atom is 0.169 e. The van der Waals surface area contributed by atoms with E-state index in [9.17, 15) is 0 Å². The summed E-state index contributed by atoms with van der Waals surface area (Å²) in [5.41, 5.74) is 1.19. The lowest BCUT2D eigenvalue weighted by Crippen LogP contribution is -2.51. The van der Waals surface area contributed by atoms with Crippen LogP contribution in [0.15, 0.2) is 24.3 Å². The summed E-state index contributed by atoms with van der Waals surface area (Å²) in [6, 6.07) is 8.05. The topological polar surface area (TPSA) is 27.7 Å². The van der Waals surface area contributed by atoms with Gasteiger partial charge in [0.15, 0.2) is 5.11 Å². The van der Waals surface area contributed by atoms with Crippen LogP contribution in [0.5, 0.6) is 0 Å². The fraction of sp³-hybridized carbons (Fsp3) is 0.562. The standard InChI is InChI=1S/C16H24ClN3OS/c1-21-12-4-7-18-16(22)20-10-8-19(9-11-20)13-14-5-2-3-6-15(14)17/h2-3,5-6H,4,7-13H2,1H3,(H,18,22). The second-order valence-corrected chi connectivity index (χ2v) is 6.23. The van der Waals surface area contributed by atoms with Gasteiger partial charge in [-0.1, -0.05) is 29.8 Å². The van der Waals surface area contributed by atoms with Gasteiger partial charge in [-0.3, -0.25) is 4.90 Å². The van der Waals surface area contributed by atoms with Crippen molar-refractivity contribution in [2.45, 2.75) is 13.0 Å². The highest BCUT2D eigenvalue weighted by Gasteiger charge is 2.19. The largest absolute Gasteiger partial charge is 0.385 e. The van der Waals surface area contributed by atoms with Gasteiger partial charge in [0.05, 0.1) is 0 Å². The normalized spacial score (nSPS) is 15.8. The number of rotatable bonds is 6. The molecule has 4 nitrogen and oxygen atoms in total. The number of hydrogen-bond donors (Lipinski definition) is 1. The molecule has 1 aliphatic heterocycles. The van der Waals surface area contributed by atoms with Crippen molar-refractivity contribution in [3.8, 4) is 0 Å². The van der Waals surface area contributed by atoms with Crippen molar-refractivity contribution in [3.05, 3.63) is 34.9 Å². The van der Waals surface area contributed by atoms with Gasteiger partial charge >= 0.3 is 0 Å². The molecule has 0 spiro atoms. The molecule has 0 aromatic heterocycles. The van der Waals surface area contributed by atoms with E-state index in [2.05, 4.69) is 21.2 Å². The molecule has 0 aliphatic carbocycles. The second kappa shape index (κ2) is 9.30. The molecule has 6 heteroatoms. The molecule has 2 rings (SSSR count). The third-order valence-electron chi connectivity index (χ3n) is 3.81. The Morgan fingerprint density at radius 1 is 1.27 bits per heavy atom. The summed E-state index contributed by atoms with van der Waals surface area (Å²) in [6.45, 7) is 6.46. The lowest BCUT2D eigenvalue weighted by atomic mass is 10.2. The van der Waals surface area contributed by atoms with E-state index >= 15 is 0 Å². The Morgan fingerprint density at radius 2 is 2.00 bits per heavy atom. The van der Waals surface area contributed by atoms with Crippen LogP contribution in [0, 0.1) is 0 Å². The van der Waals surface area contributed by atoms with Crippen LogP contribution in [0.2, 0.25) is 5.02 Å². The Hall–Kier alpha value is -0.880. The highest BCUT2D eigenvalue weighted by molar-refractivity contribution is 7.80. The van der Waals surface area contributed by atoms with Crippen molar-refractivity contribution in [1.29, 1.82) is 0 Å². The molecule has 22 heavy (non-hydrogen) atoms. The van der Waals surface area contributed by atoms with Gasteiger partial charge in [-0.25, -0.2) is 0 Å². The SMILES string of the molecule is COCCCNC(=S)N1CCN(Cc2ccccc2Cl)CC1. The fourth-order valence-electron chi connectivity index (χ4n) is 2.50. The molecule has 1 fully saturated rings. The number of methoxy groups -OCH3 is 1. The maximum absolute atomic E-state index is 6.23. The van der Waals surface area contributed by atoms with E-state index in [0.29, 0.717) is 0 Å². The smallest absolute Gasteiger partial charge is 0.169 e. The average molecular weight is 342 g/mol. The number of nitrogens with one attached hydrogen (secondary N) is 1. The first kappa shape index (κ1) is 17.5. The van der Waals surface area contributed by atoms with E-state index in [1.807, 2.05) is 18.2 Å². The minimum atomic E-state index is 0.765. The molecular formula is C16H24ClN3OS. The molecule has 1 heterocycles. The minimum Gasteiger partial charge on any atom is -0.385 e. The predicted molar refractivity (Wildman–Crippen MR) is 95.4 cm³/mol. The van der Waals surface area contributed by atoms with Gasteiger partial charge in [-0.15, -0.1) is 0 Å². The quantitative estimate of drug-likeness (QED) is 0.633. The van der Waals surface area contributed by atoms with Crippen molar-refractivity contribution in [2.24, 2.45) is 0 Å². The molecule has 122 valence electrons. The van der Waals surface area contributed by atoms with Crippen molar-refractivity contribution in [3.63, 3.8) is 0 Å². The van der Waals surface area contributed by atoms with Gasteiger partial charge in [0.2, 0.25) is 0 Å². The number of ether oxygens (including phenoxy) is 1. The van der Waals surface area contributed by atoms with Crippen molar-refractivity contribution in [1.82, 2.24) is 15.1 Å².